The largest absolute Gasteiger partial charge is 0.339 e. The fraction of sp³-hybridized carbons (Fsp3) is 0.867. The van der Waals surface area contributed by atoms with Gasteiger partial charge in [-0.3, -0.25) is 4.90 Å². The lowest BCUT2D eigenvalue weighted by molar-refractivity contribution is 0.160. The molecule has 112 valence electrons. The van der Waals surface area contributed by atoms with Gasteiger partial charge in [-0.25, -0.2) is 0 Å². The summed E-state index contributed by atoms with van der Waals surface area (Å²) < 4.78 is 5.34. The molecular weight excluding hydrogens is 252 g/mol. The Labute approximate surface area is 121 Å². The third-order valence-electron chi connectivity index (χ3n) is 4.24. The van der Waals surface area contributed by atoms with E-state index in [0.717, 1.165) is 50.4 Å². The molecule has 3 rings (SSSR count). The van der Waals surface area contributed by atoms with Crippen LogP contribution in [0.5, 0.6) is 0 Å². The lowest BCUT2D eigenvalue weighted by atomic mass is 9.98. The second-order valence-electron chi connectivity index (χ2n) is 6.27. The summed E-state index contributed by atoms with van der Waals surface area (Å²) in [6.07, 6.45) is 6.27. The molecule has 5 nitrogen and oxygen atoms in total. The lowest BCUT2D eigenvalue weighted by Crippen LogP contribution is -2.39. The van der Waals surface area contributed by atoms with E-state index in [9.17, 15) is 0 Å². The first-order chi connectivity index (χ1) is 9.85. The molecule has 0 radical (unpaired) electrons. The first-order valence-electron chi connectivity index (χ1n) is 8.10. The van der Waals surface area contributed by atoms with E-state index in [1.54, 1.807) is 0 Å². The molecule has 1 aromatic rings. The second kappa shape index (κ2) is 6.68. The van der Waals surface area contributed by atoms with Crippen molar-refractivity contribution in [2.45, 2.75) is 51.5 Å². The summed E-state index contributed by atoms with van der Waals surface area (Å²) in [5.41, 5.74) is 0. The quantitative estimate of drug-likeness (QED) is 0.775. The van der Waals surface area contributed by atoms with Gasteiger partial charge >= 0.3 is 0 Å². The Morgan fingerprint density at radius 1 is 1.35 bits per heavy atom. The van der Waals surface area contributed by atoms with Gasteiger partial charge in [0.05, 0.1) is 6.54 Å². The molecule has 1 unspecified atom stereocenters. The Balaban J connectivity index is 1.46. The zero-order valence-electron chi connectivity index (χ0n) is 12.5. The maximum absolute atomic E-state index is 5.34. The van der Waals surface area contributed by atoms with Gasteiger partial charge in [-0.15, -0.1) is 0 Å². The second-order valence-corrected chi connectivity index (χ2v) is 6.27. The van der Waals surface area contributed by atoms with E-state index in [2.05, 4.69) is 27.3 Å². The van der Waals surface area contributed by atoms with Crippen LogP contribution in [0, 0.1) is 5.92 Å². The summed E-state index contributed by atoms with van der Waals surface area (Å²) in [6, 6.07) is 0. The van der Waals surface area contributed by atoms with E-state index in [1.165, 1.54) is 32.1 Å². The van der Waals surface area contributed by atoms with Crippen molar-refractivity contribution in [1.29, 1.82) is 0 Å². The van der Waals surface area contributed by atoms with Crippen LogP contribution in [0.15, 0.2) is 4.52 Å². The molecule has 0 spiro atoms. The van der Waals surface area contributed by atoms with Crippen LogP contribution in [0.25, 0.3) is 0 Å². The molecule has 1 aliphatic heterocycles. The number of hydrogen-bond donors (Lipinski definition) is 1. The van der Waals surface area contributed by atoms with Crippen LogP contribution in [-0.2, 0) is 6.54 Å². The fourth-order valence-corrected chi connectivity index (χ4v) is 2.97. The number of likely N-dealkylation sites (tertiary alicyclic amines) is 1. The van der Waals surface area contributed by atoms with Crippen LogP contribution in [0.3, 0.4) is 0 Å². The average Bonchev–Trinajstić information content (AvgIpc) is 3.21. The average molecular weight is 278 g/mol. The van der Waals surface area contributed by atoms with Crippen molar-refractivity contribution in [3.05, 3.63) is 11.7 Å². The first-order valence-corrected chi connectivity index (χ1v) is 8.10. The maximum atomic E-state index is 5.34. The predicted molar refractivity (Wildman–Crippen MR) is 77.4 cm³/mol. The van der Waals surface area contributed by atoms with Crippen LogP contribution in [0.2, 0.25) is 0 Å². The van der Waals surface area contributed by atoms with E-state index in [0.29, 0.717) is 5.92 Å². The summed E-state index contributed by atoms with van der Waals surface area (Å²) in [5, 5.41) is 7.67. The highest BCUT2D eigenvalue weighted by Gasteiger charge is 2.30. The van der Waals surface area contributed by atoms with Gasteiger partial charge in [0.2, 0.25) is 5.89 Å². The number of piperidine rings is 1. The molecule has 0 aromatic carbocycles. The lowest BCUT2D eigenvalue weighted by Gasteiger charge is -2.32. The van der Waals surface area contributed by atoms with Gasteiger partial charge < -0.3 is 9.84 Å². The molecule has 0 bridgehead atoms. The van der Waals surface area contributed by atoms with Gasteiger partial charge in [0.15, 0.2) is 5.82 Å². The molecule has 1 saturated heterocycles. The van der Waals surface area contributed by atoms with Crippen molar-refractivity contribution in [1.82, 2.24) is 20.4 Å². The van der Waals surface area contributed by atoms with Gasteiger partial charge in [0.1, 0.15) is 0 Å². The Kier molecular flexibility index (Phi) is 4.68. The molecule has 2 fully saturated rings. The van der Waals surface area contributed by atoms with Gasteiger partial charge in [-0.1, -0.05) is 12.1 Å². The summed E-state index contributed by atoms with van der Waals surface area (Å²) in [4.78, 5) is 7.01. The minimum absolute atomic E-state index is 0.559. The van der Waals surface area contributed by atoms with Gasteiger partial charge in [0, 0.05) is 12.5 Å². The molecule has 20 heavy (non-hydrogen) atoms. The normalized spacial score (nSPS) is 24.1. The summed E-state index contributed by atoms with van der Waals surface area (Å²) >= 11 is 0. The minimum Gasteiger partial charge on any atom is -0.339 e. The van der Waals surface area contributed by atoms with Crippen molar-refractivity contribution in [2.75, 3.05) is 26.2 Å². The Hall–Kier alpha value is -0.940. The minimum atomic E-state index is 0.559. The number of aromatic nitrogens is 2. The number of hydrogen-bond acceptors (Lipinski definition) is 5. The monoisotopic (exact) mass is 278 g/mol. The molecule has 2 aliphatic rings. The van der Waals surface area contributed by atoms with E-state index >= 15 is 0 Å². The van der Waals surface area contributed by atoms with E-state index in [-0.39, 0.29) is 0 Å². The summed E-state index contributed by atoms with van der Waals surface area (Å²) in [7, 11) is 0. The molecule has 2 heterocycles. The highest BCUT2D eigenvalue weighted by molar-refractivity contribution is 5.01. The summed E-state index contributed by atoms with van der Waals surface area (Å²) in [5.74, 6) is 3.06. The van der Waals surface area contributed by atoms with Crippen LogP contribution < -0.4 is 5.32 Å². The van der Waals surface area contributed by atoms with E-state index in [4.69, 9.17) is 4.52 Å². The summed E-state index contributed by atoms with van der Waals surface area (Å²) in [6.45, 7) is 7.66. The molecule has 5 heteroatoms. The van der Waals surface area contributed by atoms with Crippen molar-refractivity contribution >= 4 is 0 Å². The van der Waals surface area contributed by atoms with Gasteiger partial charge in [-0.05, 0) is 57.7 Å². The first kappa shape index (κ1) is 14.0. The van der Waals surface area contributed by atoms with Crippen molar-refractivity contribution < 1.29 is 4.52 Å². The predicted octanol–water partition coefficient (Wildman–Crippen LogP) is 2.16. The molecule has 0 amide bonds. The topological polar surface area (TPSA) is 54.2 Å². The third-order valence-corrected chi connectivity index (χ3v) is 4.24. The Bertz CT molecular complexity index is 416. The third kappa shape index (κ3) is 3.79. The van der Waals surface area contributed by atoms with Crippen molar-refractivity contribution in [2.24, 2.45) is 5.92 Å². The number of rotatable bonds is 7. The number of nitrogens with one attached hydrogen (secondary N) is 1. The zero-order chi connectivity index (χ0) is 13.8. The standard InChI is InChI=1S/C15H26N4O/c1-2-7-16-9-12-4-3-8-19(10-12)11-14-17-15(20-18-14)13-5-6-13/h12-13,16H,2-11H2,1H3. The van der Waals surface area contributed by atoms with Gasteiger partial charge in [-0.2, -0.15) is 4.98 Å². The van der Waals surface area contributed by atoms with Crippen LogP contribution in [0.4, 0.5) is 0 Å². The fourth-order valence-electron chi connectivity index (χ4n) is 2.97. The molecule has 1 aliphatic carbocycles. The van der Waals surface area contributed by atoms with Crippen molar-refractivity contribution in [3.8, 4) is 0 Å². The SMILES string of the molecule is CCCNCC1CCCN(Cc2noc(C3CC3)n2)C1. The Morgan fingerprint density at radius 3 is 3.05 bits per heavy atom. The highest BCUT2D eigenvalue weighted by Crippen LogP contribution is 2.38. The Morgan fingerprint density at radius 2 is 2.25 bits per heavy atom. The molecular formula is C15H26N4O. The zero-order valence-corrected chi connectivity index (χ0v) is 12.5. The molecule has 1 atom stereocenters. The number of nitrogens with zero attached hydrogens (tertiary/aromatic N) is 3. The van der Waals surface area contributed by atoms with Crippen LogP contribution in [0.1, 0.15) is 56.7 Å². The molecule has 1 N–H and O–H groups in total. The van der Waals surface area contributed by atoms with Gasteiger partial charge in [0.25, 0.3) is 0 Å². The van der Waals surface area contributed by atoms with Crippen molar-refractivity contribution in [3.63, 3.8) is 0 Å². The van der Waals surface area contributed by atoms with Crippen LogP contribution in [-0.4, -0.2) is 41.2 Å². The molecule has 1 aromatic heterocycles. The smallest absolute Gasteiger partial charge is 0.229 e. The van der Waals surface area contributed by atoms with E-state index < -0.39 is 0 Å². The maximum Gasteiger partial charge on any atom is 0.229 e. The highest BCUT2D eigenvalue weighted by atomic mass is 16.5. The molecule has 1 saturated carbocycles. The van der Waals surface area contributed by atoms with Crippen LogP contribution >= 0.6 is 0 Å². The van der Waals surface area contributed by atoms with E-state index in [1.807, 2.05) is 0 Å².